The lowest BCUT2D eigenvalue weighted by molar-refractivity contribution is 0.0319. The van der Waals surface area contributed by atoms with E-state index in [1.807, 2.05) is 12.1 Å². The summed E-state index contributed by atoms with van der Waals surface area (Å²) in [6.07, 6.45) is -0.980. The van der Waals surface area contributed by atoms with Gasteiger partial charge >= 0.3 is 0 Å². The van der Waals surface area contributed by atoms with Crippen molar-refractivity contribution in [3.63, 3.8) is 0 Å². The van der Waals surface area contributed by atoms with Gasteiger partial charge in [-0.25, -0.2) is 0 Å². The second kappa shape index (κ2) is 10.4. The van der Waals surface area contributed by atoms with Gasteiger partial charge in [0.15, 0.2) is 0 Å². The maximum atomic E-state index is 10.6. The van der Waals surface area contributed by atoms with Crippen LogP contribution in [-0.2, 0) is 6.61 Å². The van der Waals surface area contributed by atoms with E-state index in [2.05, 4.69) is 21.2 Å². The highest BCUT2D eigenvalue weighted by Crippen LogP contribution is 2.29. The number of rotatable bonds is 10. The molecule has 1 atom stereocenters. The predicted molar refractivity (Wildman–Crippen MR) is 107 cm³/mol. The summed E-state index contributed by atoms with van der Waals surface area (Å²) in [7, 11) is 0. The monoisotopic (exact) mass is 459 g/mol. The van der Waals surface area contributed by atoms with E-state index in [0.29, 0.717) is 22.9 Å². The van der Waals surface area contributed by atoms with Gasteiger partial charge in [0.05, 0.1) is 31.5 Å². The Labute approximate surface area is 171 Å². The number of hydrogen-bond donors (Lipinski definition) is 5. The Morgan fingerprint density at radius 1 is 1.04 bits per heavy atom. The zero-order valence-corrected chi connectivity index (χ0v) is 16.9. The van der Waals surface area contributed by atoms with Crippen molar-refractivity contribution in [1.82, 2.24) is 5.32 Å². The van der Waals surface area contributed by atoms with Crippen LogP contribution in [-0.4, -0.2) is 52.3 Å². The molecule has 27 heavy (non-hydrogen) atoms. The van der Waals surface area contributed by atoms with E-state index < -0.39 is 31.5 Å². The maximum Gasteiger partial charge on any atom is 0.125 e. The van der Waals surface area contributed by atoms with E-state index in [9.17, 15) is 20.4 Å². The second-order valence-electron chi connectivity index (χ2n) is 6.25. The van der Waals surface area contributed by atoms with Crippen LogP contribution in [0.3, 0.4) is 0 Å². The van der Waals surface area contributed by atoms with Gasteiger partial charge in [0, 0.05) is 21.6 Å². The zero-order valence-electron chi connectivity index (χ0n) is 14.6. The lowest BCUT2D eigenvalue weighted by Gasteiger charge is -2.30. The molecule has 2 aromatic rings. The summed E-state index contributed by atoms with van der Waals surface area (Å²) in [5, 5.41) is 42.2. The first kappa shape index (κ1) is 22.1. The van der Waals surface area contributed by atoms with Crippen molar-refractivity contribution < 1.29 is 25.2 Å². The zero-order chi connectivity index (χ0) is 19.9. The highest BCUT2D eigenvalue weighted by atomic mass is 79.9. The Kier molecular flexibility index (Phi) is 8.50. The average molecular weight is 461 g/mol. The first-order chi connectivity index (χ1) is 12.9. The molecule has 0 aromatic heterocycles. The summed E-state index contributed by atoms with van der Waals surface area (Å²) in [6, 6.07) is 12.6. The number of halogens is 2. The molecule has 0 amide bonds. The van der Waals surface area contributed by atoms with Gasteiger partial charge in [-0.15, -0.1) is 0 Å². The fourth-order valence-electron chi connectivity index (χ4n) is 2.39. The summed E-state index contributed by atoms with van der Waals surface area (Å²) in [5.41, 5.74) is 0.200. The number of aliphatic hydroxyl groups excluding tert-OH is 4. The van der Waals surface area contributed by atoms with Crippen molar-refractivity contribution >= 4 is 27.5 Å². The van der Waals surface area contributed by atoms with Crippen molar-refractivity contribution in [3.8, 4) is 5.75 Å². The molecule has 2 rings (SSSR count). The molecule has 148 valence electrons. The third-order valence-corrected chi connectivity index (χ3v) is 4.96. The molecule has 0 bridgehead atoms. The molecule has 0 aliphatic carbocycles. The van der Waals surface area contributed by atoms with E-state index >= 15 is 0 Å². The van der Waals surface area contributed by atoms with E-state index in [4.69, 9.17) is 16.3 Å². The number of hydrogen-bond acceptors (Lipinski definition) is 6. The molecule has 0 saturated heterocycles. The van der Waals surface area contributed by atoms with Gasteiger partial charge in [-0.3, -0.25) is 0 Å². The Morgan fingerprint density at radius 2 is 1.67 bits per heavy atom. The van der Waals surface area contributed by atoms with Crippen LogP contribution in [0.5, 0.6) is 5.75 Å². The first-order valence-electron chi connectivity index (χ1n) is 8.35. The van der Waals surface area contributed by atoms with Crippen LogP contribution in [0.1, 0.15) is 17.2 Å². The van der Waals surface area contributed by atoms with Crippen molar-refractivity contribution in [3.05, 3.63) is 63.1 Å². The summed E-state index contributed by atoms with van der Waals surface area (Å²) in [6.45, 7) is -1.09. The number of nitrogens with one attached hydrogen (secondary N) is 1. The summed E-state index contributed by atoms with van der Waals surface area (Å²) in [4.78, 5) is 0. The normalized spacial score (nSPS) is 12.8. The predicted octanol–water partition coefficient (Wildman–Crippen LogP) is 2.02. The highest BCUT2D eigenvalue weighted by Gasteiger charge is 2.28. The van der Waals surface area contributed by atoms with Crippen LogP contribution in [0.25, 0.3) is 0 Å². The van der Waals surface area contributed by atoms with E-state index in [1.165, 1.54) is 0 Å². The highest BCUT2D eigenvalue weighted by molar-refractivity contribution is 9.10. The molecule has 8 heteroatoms. The Hall–Kier alpha value is -1.19. The van der Waals surface area contributed by atoms with Crippen LogP contribution in [0, 0.1) is 0 Å². The quantitative estimate of drug-likeness (QED) is 0.372. The summed E-state index contributed by atoms with van der Waals surface area (Å²) >= 11 is 9.26. The van der Waals surface area contributed by atoms with Crippen LogP contribution < -0.4 is 10.1 Å². The Balaban J connectivity index is 2.10. The lowest BCUT2D eigenvalue weighted by atomic mass is 10.0. The smallest absolute Gasteiger partial charge is 0.125 e. The molecule has 0 aliphatic rings. The lowest BCUT2D eigenvalue weighted by Crippen LogP contribution is -2.55. The third-order valence-electron chi connectivity index (χ3n) is 4.22. The van der Waals surface area contributed by atoms with Crippen LogP contribution in [0.2, 0.25) is 5.02 Å². The summed E-state index contributed by atoms with van der Waals surface area (Å²) in [5.74, 6) is 0.505. The summed E-state index contributed by atoms with van der Waals surface area (Å²) < 4.78 is 6.62. The average Bonchev–Trinajstić information content (AvgIpc) is 2.69. The van der Waals surface area contributed by atoms with Crippen molar-refractivity contribution in [1.29, 1.82) is 0 Å². The minimum absolute atomic E-state index is 0.00936. The molecular weight excluding hydrogens is 438 g/mol. The fourth-order valence-corrected chi connectivity index (χ4v) is 2.90. The third kappa shape index (κ3) is 6.15. The van der Waals surface area contributed by atoms with Gasteiger partial charge in [0.2, 0.25) is 0 Å². The number of benzene rings is 2. The van der Waals surface area contributed by atoms with Crippen molar-refractivity contribution in [2.24, 2.45) is 0 Å². The van der Waals surface area contributed by atoms with Gasteiger partial charge in [-0.2, -0.15) is 0 Å². The second-order valence-corrected chi connectivity index (χ2v) is 7.60. The topological polar surface area (TPSA) is 102 Å². The molecule has 5 N–H and O–H groups in total. The molecule has 0 heterocycles. The Morgan fingerprint density at radius 3 is 2.26 bits per heavy atom. The fraction of sp³-hybridized carbons (Fsp3) is 0.368. The van der Waals surface area contributed by atoms with Gasteiger partial charge < -0.3 is 30.5 Å². The van der Waals surface area contributed by atoms with Crippen LogP contribution in [0.15, 0.2) is 46.9 Å². The SMILES string of the molecule is OCC(CO)(CO)NCC(O)c1cc(Br)ccc1OCc1ccc(Cl)cc1. The van der Waals surface area contributed by atoms with E-state index in [1.54, 1.807) is 30.3 Å². The first-order valence-corrected chi connectivity index (χ1v) is 9.52. The molecule has 6 nitrogen and oxygen atoms in total. The van der Waals surface area contributed by atoms with Crippen LogP contribution in [0.4, 0.5) is 0 Å². The molecule has 0 radical (unpaired) electrons. The number of aliphatic hydroxyl groups is 4. The molecule has 1 unspecified atom stereocenters. The number of β-amino-alcohol motifs (C(OH)–C–C–N with tert-alkyl or cyclic N) is 1. The largest absolute Gasteiger partial charge is 0.489 e. The molecule has 0 fully saturated rings. The molecule has 0 spiro atoms. The molecule has 2 aromatic carbocycles. The van der Waals surface area contributed by atoms with Gasteiger partial charge in [0.1, 0.15) is 12.4 Å². The standard InChI is InChI=1S/C19H23BrClNO5/c20-14-3-6-18(27-9-13-1-4-15(21)5-2-13)16(7-14)17(26)8-22-19(10-23,11-24)12-25/h1-7,17,22-26H,8-12H2. The minimum atomic E-state index is -1.27. The molecule has 0 saturated carbocycles. The maximum absolute atomic E-state index is 10.6. The Bertz CT molecular complexity index is 716. The number of ether oxygens (including phenoxy) is 1. The van der Waals surface area contributed by atoms with E-state index in [-0.39, 0.29) is 6.54 Å². The molecular formula is C19H23BrClNO5. The minimum Gasteiger partial charge on any atom is -0.489 e. The molecule has 0 aliphatic heterocycles. The van der Waals surface area contributed by atoms with Gasteiger partial charge in [-0.1, -0.05) is 39.7 Å². The van der Waals surface area contributed by atoms with Gasteiger partial charge in [0.25, 0.3) is 0 Å². The van der Waals surface area contributed by atoms with Crippen molar-refractivity contribution in [2.45, 2.75) is 18.2 Å². The van der Waals surface area contributed by atoms with E-state index in [0.717, 1.165) is 10.0 Å². The van der Waals surface area contributed by atoms with Crippen LogP contribution >= 0.6 is 27.5 Å². The van der Waals surface area contributed by atoms with Gasteiger partial charge in [-0.05, 0) is 35.9 Å². The van der Waals surface area contributed by atoms with Crippen molar-refractivity contribution in [2.75, 3.05) is 26.4 Å².